The second-order valence-corrected chi connectivity index (χ2v) is 3.54. The monoisotopic (exact) mass is 194 g/mol. The smallest absolute Gasteiger partial charge is 0.270 e. The third kappa shape index (κ3) is 2.88. The van der Waals surface area contributed by atoms with E-state index in [9.17, 15) is 4.79 Å². The molecule has 0 aliphatic carbocycles. The normalized spacial score (nSPS) is 10.6. The standard InChI is InChI=1S/C10H16N3O/c1-12(2)7-8-13(3)10(14)9-5-4-6-11-9/h5-6,11H,7-8H2,1-3H3. The lowest BCUT2D eigenvalue weighted by Gasteiger charge is -2.18. The van der Waals surface area contributed by atoms with Gasteiger partial charge in [-0.1, -0.05) is 0 Å². The highest BCUT2D eigenvalue weighted by molar-refractivity contribution is 5.92. The molecule has 1 rings (SSSR count). The van der Waals surface area contributed by atoms with Gasteiger partial charge in [0.2, 0.25) is 0 Å². The number of likely N-dealkylation sites (N-methyl/N-ethyl adjacent to an activating group) is 2. The third-order valence-corrected chi connectivity index (χ3v) is 2.00. The highest BCUT2D eigenvalue weighted by atomic mass is 16.2. The average Bonchev–Trinajstić information content (AvgIpc) is 2.65. The maximum atomic E-state index is 11.7. The number of nitrogens with one attached hydrogen (secondary N) is 1. The molecule has 0 aromatic carbocycles. The molecule has 0 atom stereocenters. The summed E-state index contributed by atoms with van der Waals surface area (Å²) in [7, 11) is 5.77. The molecule has 1 heterocycles. The van der Waals surface area contributed by atoms with Crippen LogP contribution < -0.4 is 0 Å². The molecule has 4 heteroatoms. The van der Waals surface area contributed by atoms with E-state index in [0.29, 0.717) is 5.69 Å². The molecule has 0 saturated carbocycles. The predicted molar refractivity (Wildman–Crippen MR) is 55.1 cm³/mol. The number of aromatic amines is 1. The van der Waals surface area contributed by atoms with Gasteiger partial charge in [-0.15, -0.1) is 0 Å². The largest absolute Gasteiger partial charge is 0.357 e. The van der Waals surface area contributed by atoms with E-state index in [1.165, 1.54) is 0 Å². The SMILES string of the molecule is CN(C)CCN(C)C(=O)c1c[c]c[nH]1. The van der Waals surface area contributed by atoms with Gasteiger partial charge in [0.1, 0.15) is 5.69 Å². The molecular formula is C10H16N3O. The van der Waals surface area contributed by atoms with Crippen LogP contribution in [-0.2, 0) is 0 Å². The zero-order valence-electron chi connectivity index (χ0n) is 8.87. The minimum Gasteiger partial charge on any atom is -0.357 e. The Morgan fingerprint density at radius 1 is 1.43 bits per heavy atom. The van der Waals surface area contributed by atoms with Gasteiger partial charge in [-0.2, -0.15) is 0 Å². The summed E-state index contributed by atoms with van der Waals surface area (Å²) in [5.41, 5.74) is 0.589. The molecule has 0 spiro atoms. The number of amides is 1. The highest BCUT2D eigenvalue weighted by Gasteiger charge is 2.11. The van der Waals surface area contributed by atoms with Crippen molar-refractivity contribution in [3.8, 4) is 0 Å². The lowest BCUT2D eigenvalue weighted by atomic mass is 10.3. The molecule has 0 aliphatic heterocycles. The van der Waals surface area contributed by atoms with E-state index in [0.717, 1.165) is 13.1 Å². The third-order valence-electron chi connectivity index (χ3n) is 2.00. The Labute approximate surface area is 84.5 Å². The number of H-pyrrole nitrogens is 1. The van der Waals surface area contributed by atoms with Crippen LogP contribution in [0.1, 0.15) is 10.5 Å². The quantitative estimate of drug-likeness (QED) is 0.756. The van der Waals surface area contributed by atoms with Crippen molar-refractivity contribution in [3.05, 3.63) is 24.0 Å². The van der Waals surface area contributed by atoms with Crippen molar-refractivity contribution < 1.29 is 4.79 Å². The molecule has 0 bridgehead atoms. The van der Waals surface area contributed by atoms with Crippen molar-refractivity contribution in [3.63, 3.8) is 0 Å². The van der Waals surface area contributed by atoms with E-state index in [4.69, 9.17) is 0 Å². The minimum atomic E-state index is 0.00750. The first-order valence-corrected chi connectivity index (χ1v) is 4.56. The second-order valence-electron chi connectivity index (χ2n) is 3.54. The molecule has 1 aromatic heterocycles. The first kappa shape index (κ1) is 10.8. The van der Waals surface area contributed by atoms with Crippen LogP contribution in [0.4, 0.5) is 0 Å². The van der Waals surface area contributed by atoms with E-state index < -0.39 is 0 Å². The van der Waals surface area contributed by atoms with Crippen LogP contribution in [0.15, 0.2) is 12.3 Å². The summed E-state index contributed by atoms with van der Waals surface area (Å²) in [5, 5.41) is 0. The summed E-state index contributed by atoms with van der Waals surface area (Å²) >= 11 is 0. The molecular weight excluding hydrogens is 178 g/mol. The van der Waals surface area contributed by atoms with Crippen LogP contribution in [0.5, 0.6) is 0 Å². The van der Waals surface area contributed by atoms with Gasteiger partial charge in [-0.3, -0.25) is 4.79 Å². The Hall–Kier alpha value is -1.29. The number of rotatable bonds is 4. The molecule has 1 amide bonds. The molecule has 14 heavy (non-hydrogen) atoms. The number of hydrogen-bond donors (Lipinski definition) is 1. The van der Waals surface area contributed by atoms with Crippen LogP contribution in [0, 0.1) is 6.07 Å². The van der Waals surface area contributed by atoms with Crippen molar-refractivity contribution in [2.45, 2.75) is 0 Å². The number of carbonyl (C=O) groups is 1. The lowest BCUT2D eigenvalue weighted by Crippen LogP contribution is -2.33. The summed E-state index contributed by atoms with van der Waals surface area (Å²) in [6, 6.07) is 4.48. The average molecular weight is 194 g/mol. The number of aromatic nitrogens is 1. The van der Waals surface area contributed by atoms with E-state index in [-0.39, 0.29) is 5.91 Å². The van der Waals surface area contributed by atoms with Crippen molar-refractivity contribution in [1.82, 2.24) is 14.8 Å². The first-order chi connectivity index (χ1) is 6.61. The summed E-state index contributed by atoms with van der Waals surface area (Å²) in [6.45, 7) is 1.59. The van der Waals surface area contributed by atoms with Gasteiger partial charge in [0, 0.05) is 32.4 Å². The molecule has 4 nitrogen and oxygen atoms in total. The highest BCUT2D eigenvalue weighted by Crippen LogP contribution is 1.99. The zero-order valence-corrected chi connectivity index (χ0v) is 8.87. The molecule has 1 N–H and O–H groups in total. The van der Waals surface area contributed by atoms with Gasteiger partial charge in [-0.05, 0) is 20.2 Å². The zero-order chi connectivity index (χ0) is 10.6. The molecule has 0 fully saturated rings. The number of hydrogen-bond acceptors (Lipinski definition) is 2. The Balaban J connectivity index is 2.45. The molecule has 77 valence electrons. The fourth-order valence-electron chi connectivity index (χ4n) is 1.07. The summed E-state index contributed by atoms with van der Waals surface area (Å²) in [6.07, 6.45) is 1.63. The Bertz CT molecular complexity index is 280. The number of carbonyl (C=O) groups excluding carboxylic acids is 1. The maximum Gasteiger partial charge on any atom is 0.270 e. The first-order valence-electron chi connectivity index (χ1n) is 4.56. The molecule has 0 saturated heterocycles. The van der Waals surface area contributed by atoms with Gasteiger partial charge in [0.25, 0.3) is 5.91 Å². The molecule has 1 aromatic rings. The van der Waals surface area contributed by atoms with Crippen LogP contribution in [0.25, 0.3) is 0 Å². The van der Waals surface area contributed by atoms with Gasteiger partial charge in [0.05, 0.1) is 0 Å². The second kappa shape index (κ2) is 4.81. The summed E-state index contributed by atoms with van der Waals surface area (Å²) < 4.78 is 0. The van der Waals surface area contributed by atoms with Crippen LogP contribution in [-0.4, -0.2) is 54.9 Å². The van der Waals surface area contributed by atoms with Crippen molar-refractivity contribution in [2.24, 2.45) is 0 Å². The number of nitrogens with zero attached hydrogens (tertiary/aromatic N) is 2. The van der Waals surface area contributed by atoms with Crippen LogP contribution in [0.3, 0.4) is 0 Å². The van der Waals surface area contributed by atoms with Crippen LogP contribution in [0.2, 0.25) is 0 Å². The molecule has 1 radical (unpaired) electrons. The fourth-order valence-corrected chi connectivity index (χ4v) is 1.07. The summed E-state index contributed by atoms with van der Waals surface area (Å²) in [5.74, 6) is 0.00750. The van der Waals surface area contributed by atoms with Crippen LogP contribution >= 0.6 is 0 Å². The van der Waals surface area contributed by atoms with Crippen molar-refractivity contribution in [1.29, 1.82) is 0 Å². The van der Waals surface area contributed by atoms with Gasteiger partial charge >= 0.3 is 0 Å². The van der Waals surface area contributed by atoms with Gasteiger partial charge < -0.3 is 14.8 Å². The minimum absolute atomic E-state index is 0.00750. The van der Waals surface area contributed by atoms with Gasteiger partial charge in [0.15, 0.2) is 0 Å². The Morgan fingerprint density at radius 2 is 2.14 bits per heavy atom. The van der Waals surface area contributed by atoms with E-state index in [2.05, 4.69) is 11.1 Å². The summed E-state index contributed by atoms with van der Waals surface area (Å²) in [4.78, 5) is 18.3. The maximum absolute atomic E-state index is 11.7. The van der Waals surface area contributed by atoms with Gasteiger partial charge in [-0.25, -0.2) is 0 Å². The topological polar surface area (TPSA) is 39.3 Å². The molecule has 0 aliphatic rings. The lowest BCUT2D eigenvalue weighted by molar-refractivity contribution is 0.0781. The van der Waals surface area contributed by atoms with E-state index in [1.54, 1.807) is 24.2 Å². The fraction of sp³-hybridized carbons (Fsp3) is 0.500. The molecule has 0 unspecified atom stereocenters. The van der Waals surface area contributed by atoms with E-state index >= 15 is 0 Å². The Kier molecular flexibility index (Phi) is 3.71. The Morgan fingerprint density at radius 3 is 2.64 bits per heavy atom. The van der Waals surface area contributed by atoms with E-state index in [1.807, 2.05) is 19.0 Å². The van der Waals surface area contributed by atoms with Crippen molar-refractivity contribution >= 4 is 5.91 Å². The van der Waals surface area contributed by atoms with Crippen molar-refractivity contribution in [2.75, 3.05) is 34.2 Å². The predicted octanol–water partition coefficient (Wildman–Crippen LogP) is 0.448.